The average molecular weight is 536 g/mol. The Morgan fingerprint density at radius 2 is 1.69 bits per heavy atom. The van der Waals surface area contributed by atoms with E-state index in [1.165, 1.54) is 18.2 Å². The number of hydrogen-bond acceptors (Lipinski definition) is 5. The van der Waals surface area contributed by atoms with Crippen molar-refractivity contribution < 1.29 is 22.7 Å². The van der Waals surface area contributed by atoms with Crippen LogP contribution in [0.1, 0.15) is 48.2 Å². The van der Waals surface area contributed by atoms with Gasteiger partial charge in [-0.3, -0.25) is 4.79 Å². The predicted molar refractivity (Wildman–Crippen MR) is 139 cm³/mol. The van der Waals surface area contributed by atoms with Gasteiger partial charge in [0, 0.05) is 17.7 Å². The lowest BCUT2D eigenvalue weighted by atomic mass is 10.0. The third kappa shape index (κ3) is 6.28. The number of halogens is 2. The maximum Gasteiger partial charge on any atom is 0.251 e. The molecule has 35 heavy (non-hydrogen) atoms. The van der Waals surface area contributed by atoms with Gasteiger partial charge in [-0.1, -0.05) is 62.2 Å². The van der Waals surface area contributed by atoms with Crippen LogP contribution in [0.4, 0.5) is 0 Å². The summed E-state index contributed by atoms with van der Waals surface area (Å²) in [6, 6.07) is 14.9. The van der Waals surface area contributed by atoms with Crippen LogP contribution >= 0.6 is 23.2 Å². The van der Waals surface area contributed by atoms with Crippen LogP contribution < -0.4 is 14.8 Å². The van der Waals surface area contributed by atoms with Crippen molar-refractivity contribution in [2.75, 3.05) is 12.9 Å². The van der Waals surface area contributed by atoms with E-state index in [4.69, 9.17) is 32.7 Å². The molecule has 3 aromatic carbocycles. The largest absolute Gasteiger partial charge is 0.496 e. The Kier molecular flexibility index (Phi) is 8.70. The fraction of sp³-hybridized carbons (Fsp3) is 0.269. The molecule has 186 valence electrons. The van der Waals surface area contributed by atoms with Gasteiger partial charge in [0.25, 0.3) is 5.91 Å². The quantitative estimate of drug-likeness (QED) is 0.332. The van der Waals surface area contributed by atoms with E-state index in [9.17, 15) is 13.2 Å². The molecular formula is C26H27Cl2NO5S. The first-order valence-corrected chi connectivity index (χ1v) is 13.4. The van der Waals surface area contributed by atoms with Crippen LogP contribution in [0.25, 0.3) is 0 Å². The van der Waals surface area contributed by atoms with Gasteiger partial charge in [0.1, 0.15) is 11.5 Å². The third-order valence-electron chi connectivity index (χ3n) is 5.43. The van der Waals surface area contributed by atoms with Crippen molar-refractivity contribution in [3.63, 3.8) is 0 Å². The molecule has 3 rings (SSSR count). The summed E-state index contributed by atoms with van der Waals surface area (Å²) < 4.78 is 36.0. The van der Waals surface area contributed by atoms with E-state index in [-0.39, 0.29) is 44.5 Å². The van der Waals surface area contributed by atoms with Crippen molar-refractivity contribution in [2.24, 2.45) is 0 Å². The molecule has 0 radical (unpaired) electrons. The molecule has 0 unspecified atom stereocenters. The van der Waals surface area contributed by atoms with Gasteiger partial charge < -0.3 is 14.8 Å². The van der Waals surface area contributed by atoms with Crippen LogP contribution in [0.3, 0.4) is 0 Å². The van der Waals surface area contributed by atoms with Crippen molar-refractivity contribution in [1.82, 2.24) is 5.32 Å². The molecule has 0 aliphatic carbocycles. The van der Waals surface area contributed by atoms with Gasteiger partial charge in [0.2, 0.25) is 0 Å². The van der Waals surface area contributed by atoms with Crippen molar-refractivity contribution in [2.45, 2.75) is 38.1 Å². The fourth-order valence-electron chi connectivity index (χ4n) is 3.52. The first-order chi connectivity index (χ1) is 16.6. The second-order valence-electron chi connectivity index (χ2n) is 8.12. The highest BCUT2D eigenvalue weighted by atomic mass is 35.5. The Bertz CT molecular complexity index is 1320. The number of hydrogen-bond donors (Lipinski definition) is 1. The van der Waals surface area contributed by atoms with Gasteiger partial charge in [-0.25, -0.2) is 8.42 Å². The van der Waals surface area contributed by atoms with E-state index in [0.29, 0.717) is 11.3 Å². The van der Waals surface area contributed by atoms with Gasteiger partial charge in [0.15, 0.2) is 15.6 Å². The first kappa shape index (κ1) is 26.9. The molecule has 0 bridgehead atoms. The molecule has 0 heterocycles. The molecule has 0 aliphatic heterocycles. The molecule has 0 aromatic heterocycles. The molecule has 1 N–H and O–H groups in total. The summed E-state index contributed by atoms with van der Waals surface area (Å²) in [5, 5.41) is 3.06. The van der Waals surface area contributed by atoms with Gasteiger partial charge in [0.05, 0.1) is 27.8 Å². The summed E-state index contributed by atoms with van der Waals surface area (Å²) in [6.07, 6.45) is 0. The molecule has 1 amide bonds. The van der Waals surface area contributed by atoms with Crippen LogP contribution in [0, 0.1) is 0 Å². The van der Waals surface area contributed by atoms with Crippen molar-refractivity contribution in [1.29, 1.82) is 0 Å². The standard InChI is InChI=1S/C26H27Cl2NO5S/c1-5-35(31,32)24-9-7-6-8-17(24)15-29-26(30)18-12-21(27)25(22(28)13-18)34-19-10-11-23(33-4)20(14-19)16(2)3/h6-14,16H,5,15H2,1-4H3,(H,29,30). The zero-order chi connectivity index (χ0) is 25.8. The molecule has 0 saturated heterocycles. The molecule has 6 nitrogen and oxygen atoms in total. The lowest BCUT2D eigenvalue weighted by molar-refractivity contribution is 0.0950. The molecule has 0 aliphatic rings. The summed E-state index contributed by atoms with van der Waals surface area (Å²) in [6.45, 7) is 5.70. The summed E-state index contributed by atoms with van der Waals surface area (Å²) >= 11 is 12.8. The first-order valence-electron chi connectivity index (χ1n) is 11.0. The normalized spacial score (nSPS) is 11.4. The van der Waals surface area contributed by atoms with E-state index in [1.807, 2.05) is 26.0 Å². The predicted octanol–water partition coefficient (Wildman–Crippen LogP) is 6.64. The van der Waals surface area contributed by atoms with Crippen molar-refractivity contribution in [3.8, 4) is 17.2 Å². The lowest BCUT2D eigenvalue weighted by Crippen LogP contribution is -2.24. The number of amides is 1. The fourth-order valence-corrected chi connectivity index (χ4v) is 5.22. The minimum Gasteiger partial charge on any atom is -0.496 e. The van der Waals surface area contributed by atoms with Crippen LogP contribution in [0.2, 0.25) is 10.0 Å². The number of ether oxygens (including phenoxy) is 2. The maximum atomic E-state index is 12.8. The number of carbonyl (C=O) groups excluding carboxylic acids is 1. The SMILES string of the molecule is CCS(=O)(=O)c1ccccc1CNC(=O)c1cc(Cl)c(Oc2ccc(OC)c(C(C)C)c2)c(Cl)c1. The third-order valence-corrected chi connectivity index (χ3v) is 7.82. The number of sulfone groups is 1. The number of nitrogens with one attached hydrogen (secondary N) is 1. The highest BCUT2D eigenvalue weighted by Gasteiger charge is 2.19. The topological polar surface area (TPSA) is 81.7 Å². The zero-order valence-electron chi connectivity index (χ0n) is 19.9. The zero-order valence-corrected chi connectivity index (χ0v) is 22.2. The highest BCUT2D eigenvalue weighted by molar-refractivity contribution is 7.91. The number of rotatable bonds is 9. The molecule has 9 heteroatoms. The minimum atomic E-state index is -3.42. The minimum absolute atomic E-state index is 0.0303. The van der Waals surface area contributed by atoms with Gasteiger partial charge in [-0.2, -0.15) is 0 Å². The average Bonchev–Trinajstić information content (AvgIpc) is 2.84. The Balaban J connectivity index is 1.80. The summed E-state index contributed by atoms with van der Waals surface area (Å²) in [5.41, 5.74) is 1.69. The van der Waals surface area contributed by atoms with E-state index in [2.05, 4.69) is 5.32 Å². The van der Waals surface area contributed by atoms with Crippen LogP contribution in [-0.4, -0.2) is 27.2 Å². The van der Waals surface area contributed by atoms with E-state index in [0.717, 1.165) is 11.3 Å². The Hall–Kier alpha value is -2.74. The Morgan fingerprint density at radius 3 is 2.29 bits per heavy atom. The second kappa shape index (κ2) is 11.3. The van der Waals surface area contributed by atoms with Crippen molar-refractivity contribution >= 4 is 38.9 Å². The summed E-state index contributed by atoms with van der Waals surface area (Å²) in [5.74, 6) is 1.24. The number of benzene rings is 3. The van der Waals surface area contributed by atoms with Gasteiger partial charge in [-0.05, 0) is 47.9 Å². The molecule has 0 atom stereocenters. The number of carbonyl (C=O) groups is 1. The number of methoxy groups -OCH3 is 1. The molecule has 0 saturated carbocycles. The highest BCUT2D eigenvalue weighted by Crippen LogP contribution is 2.39. The smallest absolute Gasteiger partial charge is 0.251 e. The Morgan fingerprint density at radius 1 is 1.03 bits per heavy atom. The van der Waals surface area contributed by atoms with Crippen LogP contribution in [0.5, 0.6) is 17.2 Å². The van der Waals surface area contributed by atoms with Gasteiger partial charge in [-0.15, -0.1) is 0 Å². The monoisotopic (exact) mass is 535 g/mol. The van der Waals surface area contributed by atoms with E-state index < -0.39 is 15.7 Å². The lowest BCUT2D eigenvalue weighted by Gasteiger charge is -2.16. The second-order valence-corrected chi connectivity index (χ2v) is 11.2. The van der Waals surface area contributed by atoms with E-state index >= 15 is 0 Å². The van der Waals surface area contributed by atoms with Gasteiger partial charge >= 0.3 is 0 Å². The summed E-state index contributed by atoms with van der Waals surface area (Å²) in [7, 11) is -1.81. The Labute approximate surface area is 216 Å². The molecule has 0 fully saturated rings. The molecule has 3 aromatic rings. The van der Waals surface area contributed by atoms with E-state index in [1.54, 1.807) is 38.3 Å². The summed E-state index contributed by atoms with van der Waals surface area (Å²) in [4.78, 5) is 13.0. The molecule has 0 spiro atoms. The molecular weight excluding hydrogens is 509 g/mol. The van der Waals surface area contributed by atoms with Crippen LogP contribution in [0.15, 0.2) is 59.5 Å². The maximum absolute atomic E-state index is 12.8. The van der Waals surface area contributed by atoms with Crippen molar-refractivity contribution in [3.05, 3.63) is 81.3 Å². The van der Waals surface area contributed by atoms with Crippen LogP contribution in [-0.2, 0) is 16.4 Å².